The van der Waals surface area contributed by atoms with Gasteiger partial charge in [0.15, 0.2) is 0 Å². The number of hydrogen-bond donors (Lipinski definition) is 2. The largest absolute Gasteiger partial charge is 0.383 e. The molecule has 1 fully saturated rings. The molecular weight excluding hydrogens is 456 g/mol. The number of ether oxygens (including phenoxy) is 1. The Morgan fingerprint density at radius 3 is 2.64 bits per heavy atom. The molecule has 184 valence electrons. The maximum Gasteiger partial charge on any atom is 0.270 e. The Bertz CT molecular complexity index is 1300. The molecular formula is C28H28N4O4. The minimum absolute atomic E-state index is 0.0618. The third-order valence-corrected chi connectivity index (χ3v) is 6.74. The molecule has 8 nitrogen and oxygen atoms in total. The van der Waals surface area contributed by atoms with Crippen LogP contribution in [0.1, 0.15) is 29.5 Å². The third-order valence-electron chi connectivity index (χ3n) is 6.74. The molecule has 0 aromatic heterocycles. The highest BCUT2D eigenvalue weighted by Gasteiger charge is 2.30. The minimum Gasteiger partial charge on any atom is -0.383 e. The lowest BCUT2D eigenvalue weighted by Gasteiger charge is -2.24. The molecule has 5 rings (SSSR count). The molecule has 0 aliphatic carbocycles. The SMILES string of the molecule is COCC1CCCN1Cc1ccc(N/C(=C2\C(=O)Nc3ccc([N+](=O)[O-])cc32)c2ccccc2)cc1. The topological polar surface area (TPSA) is 96.7 Å². The van der Waals surface area contributed by atoms with Crippen LogP contribution in [0.25, 0.3) is 11.3 Å². The summed E-state index contributed by atoms with van der Waals surface area (Å²) in [6.45, 7) is 2.68. The maximum absolute atomic E-state index is 13.1. The molecule has 1 unspecified atom stereocenters. The Labute approximate surface area is 209 Å². The first-order valence-electron chi connectivity index (χ1n) is 12.0. The number of carbonyl (C=O) groups excluding carboxylic acids is 1. The van der Waals surface area contributed by atoms with Gasteiger partial charge in [-0.1, -0.05) is 42.5 Å². The molecule has 2 aliphatic rings. The molecule has 0 saturated carbocycles. The molecule has 1 amide bonds. The first-order chi connectivity index (χ1) is 17.5. The maximum atomic E-state index is 13.1. The van der Waals surface area contributed by atoms with Crippen molar-refractivity contribution in [2.75, 3.05) is 30.9 Å². The number of nitrogens with zero attached hydrogens (tertiary/aromatic N) is 2. The lowest BCUT2D eigenvalue weighted by molar-refractivity contribution is -0.384. The fraction of sp³-hybridized carbons (Fsp3) is 0.250. The van der Waals surface area contributed by atoms with Crippen LogP contribution < -0.4 is 10.6 Å². The van der Waals surface area contributed by atoms with Gasteiger partial charge in [-0.15, -0.1) is 0 Å². The molecule has 36 heavy (non-hydrogen) atoms. The first-order valence-corrected chi connectivity index (χ1v) is 12.0. The van der Waals surface area contributed by atoms with Crippen LogP contribution in [0.4, 0.5) is 17.1 Å². The highest BCUT2D eigenvalue weighted by atomic mass is 16.6. The standard InChI is InChI=1S/C28H28N4O4/c1-36-18-23-8-5-15-31(23)17-19-9-11-21(12-10-19)29-27(20-6-3-2-4-7-20)26-24-16-22(32(34)35)13-14-25(24)30-28(26)33/h2-4,6-7,9-14,16,23,29H,5,8,15,17-18H2,1H3,(H,30,33)/b27-26-. The van der Waals surface area contributed by atoms with E-state index in [9.17, 15) is 14.9 Å². The van der Waals surface area contributed by atoms with Gasteiger partial charge in [-0.3, -0.25) is 19.8 Å². The van der Waals surface area contributed by atoms with Crippen molar-refractivity contribution < 1.29 is 14.5 Å². The van der Waals surface area contributed by atoms with Crippen molar-refractivity contribution in [1.29, 1.82) is 0 Å². The molecule has 1 saturated heterocycles. The number of likely N-dealkylation sites (tertiary alicyclic amines) is 1. The number of hydrogen-bond acceptors (Lipinski definition) is 6. The lowest BCUT2D eigenvalue weighted by atomic mass is 9.99. The predicted octanol–water partition coefficient (Wildman–Crippen LogP) is 5.14. The van der Waals surface area contributed by atoms with E-state index >= 15 is 0 Å². The number of benzene rings is 3. The number of methoxy groups -OCH3 is 1. The third kappa shape index (κ3) is 4.86. The van der Waals surface area contributed by atoms with Gasteiger partial charge in [-0.25, -0.2) is 0 Å². The fourth-order valence-corrected chi connectivity index (χ4v) is 4.96. The number of amides is 1. The summed E-state index contributed by atoms with van der Waals surface area (Å²) in [6, 6.07) is 22.6. The van der Waals surface area contributed by atoms with Crippen molar-refractivity contribution in [3.05, 3.63) is 99.6 Å². The average Bonchev–Trinajstić information content (AvgIpc) is 3.46. The second kappa shape index (κ2) is 10.3. The summed E-state index contributed by atoms with van der Waals surface area (Å²) < 4.78 is 5.37. The van der Waals surface area contributed by atoms with Gasteiger partial charge in [-0.05, 0) is 48.7 Å². The smallest absolute Gasteiger partial charge is 0.270 e. The van der Waals surface area contributed by atoms with Crippen LogP contribution in [-0.2, 0) is 16.1 Å². The molecule has 0 radical (unpaired) electrons. The van der Waals surface area contributed by atoms with Gasteiger partial charge >= 0.3 is 0 Å². The van der Waals surface area contributed by atoms with Crippen molar-refractivity contribution in [3.63, 3.8) is 0 Å². The number of anilines is 2. The Morgan fingerprint density at radius 1 is 1.14 bits per heavy atom. The summed E-state index contributed by atoms with van der Waals surface area (Å²) >= 11 is 0. The summed E-state index contributed by atoms with van der Waals surface area (Å²) in [7, 11) is 1.75. The second-order valence-corrected chi connectivity index (χ2v) is 9.10. The molecule has 0 bridgehead atoms. The van der Waals surface area contributed by atoms with Gasteiger partial charge in [0.05, 0.1) is 22.8 Å². The summed E-state index contributed by atoms with van der Waals surface area (Å²) in [5, 5.41) is 17.7. The Morgan fingerprint density at radius 2 is 1.92 bits per heavy atom. The molecule has 3 aromatic rings. The zero-order valence-corrected chi connectivity index (χ0v) is 20.1. The van der Waals surface area contributed by atoms with E-state index in [1.165, 1.54) is 24.1 Å². The van der Waals surface area contributed by atoms with Gasteiger partial charge in [0.1, 0.15) is 0 Å². The lowest BCUT2D eigenvalue weighted by Crippen LogP contribution is -2.32. The molecule has 8 heteroatoms. The normalized spacial score (nSPS) is 18.6. The highest BCUT2D eigenvalue weighted by molar-refractivity contribution is 6.37. The number of fused-ring (bicyclic) bond motifs is 1. The van der Waals surface area contributed by atoms with Crippen LogP contribution in [0.15, 0.2) is 72.8 Å². The first kappa shape index (κ1) is 23.7. The fourth-order valence-electron chi connectivity index (χ4n) is 4.96. The number of carbonyl (C=O) groups is 1. The molecule has 2 heterocycles. The monoisotopic (exact) mass is 484 g/mol. The van der Waals surface area contributed by atoms with Crippen molar-refractivity contribution >= 4 is 34.2 Å². The zero-order chi connectivity index (χ0) is 25.1. The van der Waals surface area contributed by atoms with Gasteiger partial charge in [0.25, 0.3) is 11.6 Å². The van der Waals surface area contributed by atoms with Crippen LogP contribution in [0.2, 0.25) is 0 Å². The van der Waals surface area contributed by atoms with E-state index in [1.54, 1.807) is 13.2 Å². The van der Waals surface area contributed by atoms with Crippen LogP contribution in [-0.4, -0.2) is 42.0 Å². The van der Waals surface area contributed by atoms with E-state index in [0.29, 0.717) is 28.6 Å². The van der Waals surface area contributed by atoms with Crippen LogP contribution in [0, 0.1) is 10.1 Å². The molecule has 2 aliphatic heterocycles. The number of non-ortho nitro benzene ring substituents is 1. The molecule has 2 N–H and O–H groups in total. The Balaban J connectivity index is 1.47. The van der Waals surface area contributed by atoms with Crippen LogP contribution in [0.3, 0.4) is 0 Å². The summed E-state index contributed by atoms with van der Waals surface area (Å²) in [5.74, 6) is -0.299. The Kier molecular flexibility index (Phi) is 6.79. The summed E-state index contributed by atoms with van der Waals surface area (Å²) in [6.07, 6.45) is 2.34. The highest BCUT2D eigenvalue weighted by Crippen LogP contribution is 2.39. The average molecular weight is 485 g/mol. The number of nitro groups is 1. The second-order valence-electron chi connectivity index (χ2n) is 9.10. The van der Waals surface area contributed by atoms with Crippen LogP contribution in [0.5, 0.6) is 0 Å². The van der Waals surface area contributed by atoms with Crippen molar-refractivity contribution in [1.82, 2.24) is 4.90 Å². The number of nitro benzene ring substituents is 1. The minimum atomic E-state index is -0.452. The van der Waals surface area contributed by atoms with Crippen molar-refractivity contribution in [2.45, 2.75) is 25.4 Å². The van der Waals surface area contributed by atoms with E-state index in [-0.39, 0.29) is 11.6 Å². The van der Waals surface area contributed by atoms with Gasteiger partial charge in [0, 0.05) is 48.8 Å². The number of nitrogens with one attached hydrogen (secondary N) is 2. The number of rotatable bonds is 8. The van der Waals surface area contributed by atoms with Gasteiger partial charge < -0.3 is 15.4 Å². The molecule has 0 spiro atoms. The molecule has 1 atom stereocenters. The van der Waals surface area contributed by atoms with Gasteiger partial charge in [-0.2, -0.15) is 0 Å². The summed E-state index contributed by atoms with van der Waals surface area (Å²) in [4.78, 5) is 26.4. The summed E-state index contributed by atoms with van der Waals surface area (Å²) in [5.41, 5.74) is 4.82. The zero-order valence-electron chi connectivity index (χ0n) is 20.1. The Hall–Kier alpha value is -4.01. The van der Waals surface area contributed by atoms with E-state index in [4.69, 9.17) is 4.74 Å². The van der Waals surface area contributed by atoms with E-state index in [2.05, 4.69) is 27.7 Å². The van der Waals surface area contributed by atoms with Crippen molar-refractivity contribution in [3.8, 4) is 0 Å². The van der Waals surface area contributed by atoms with Crippen molar-refractivity contribution in [2.24, 2.45) is 0 Å². The van der Waals surface area contributed by atoms with Crippen LogP contribution >= 0.6 is 0 Å². The van der Waals surface area contributed by atoms with E-state index in [0.717, 1.165) is 37.4 Å². The van der Waals surface area contributed by atoms with E-state index < -0.39 is 4.92 Å². The van der Waals surface area contributed by atoms with E-state index in [1.807, 2.05) is 42.5 Å². The predicted molar refractivity (Wildman–Crippen MR) is 140 cm³/mol. The quantitative estimate of drug-likeness (QED) is 0.261. The van der Waals surface area contributed by atoms with Gasteiger partial charge in [0.2, 0.25) is 0 Å². The molecule has 3 aromatic carbocycles.